The molecule has 0 fully saturated rings. The Kier molecular flexibility index (Phi) is 7.08. The van der Waals surface area contributed by atoms with E-state index in [4.69, 9.17) is 21.1 Å². The summed E-state index contributed by atoms with van der Waals surface area (Å²) in [5, 5.41) is 3.13. The Hall–Kier alpha value is -3.32. The van der Waals surface area contributed by atoms with E-state index < -0.39 is 11.5 Å². The van der Waals surface area contributed by atoms with E-state index in [2.05, 4.69) is 10.3 Å². The normalized spacial score (nSPS) is 10.5. The molecule has 0 saturated carbocycles. The molecule has 0 bridgehead atoms. The number of ether oxygens (including phenoxy) is 2. The SMILES string of the molecule is COc1ccc(CNc2nc(Cl)c(C)n(CC(=O)OCc3ccccc3)c2=O)cc1. The molecule has 2 aromatic carbocycles. The second kappa shape index (κ2) is 9.93. The first kappa shape index (κ1) is 21.4. The summed E-state index contributed by atoms with van der Waals surface area (Å²) < 4.78 is 11.7. The molecule has 0 aliphatic heterocycles. The highest BCUT2D eigenvalue weighted by molar-refractivity contribution is 6.30. The third kappa shape index (κ3) is 5.39. The standard InChI is InChI=1S/C22H22ClN3O4/c1-15-20(23)25-21(24-12-16-8-10-18(29-2)11-9-16)22(28)26(15)13-19(27)30-14-17-6-4-3-5-7-17/h3-11H,12-14H2,1-2H3,(H,24,25). The minimum absolute atomic E-state index is 0.0669. The van der Waals surface area contributed by atoms with Gasteiger partial charge in [0.05, 0.1) is 12.8 Å². The third-order valence-electron chi connectivity index (χ3n) is 4.51. The molecule has 3 aromatic rings. The van der Waals surface area contributed by atoms with E-state index in [1.165, 1.54) is 4.57 Å². The maximum atomic E-state index is 12.8. The molecule has 1 aromatic heterocycles. The van der Waals surface area contributed by atoms with Crippen molar-refractivity contribution in [1.29, 1.82) is 0 Å². The molecule has 0 amide bonds. The second-order valence-corrected chi connectivity index (χ2v) is 6.93. The minimum Gasteiger partial charge on any atom is -0.497 e. The highest BCUT2D eigenvalue weighted by Crippen LogP contribution is 2.15. The van der Waals surface area contributed by atoms with Crippen molar-refractivity contribution in [3.8, 4) is 5.75 Å². The molecule has 30 heavy (non-hydrogen) atoms. The Morgan fingerprint density at radius 1 is 1.10 bits per heavy atom. The summed E-state index contributed by atoms with van der Waals surface area (Å²) in [5.41, 5.74) is 1.75. The van der Waals surface area contributed by atoms with Crippen LogP contribution in [0.15, 0.2) is 59.4 Å². The Balaban J connectivity index is 1.70. The number of anilines is 1. The number of benzene rings is 2. The number of nitrogens with zero attached hydrogens (tertiary/aromatic N) is 2. The number of carbonyl (C=O) groups is 1. The molecule has 0 aliphatic rings. The van der Waals surface area contributed by atoms with Crippen LogP contribution in [-0.4, -0.2) is 22.6 Å². The van der Waals surface area contributed by atoms with E-state index in [-0.39, 0.29) is 24.1 Å². The van der Waals surface area contributed by atoms with Gasteiger partial charge in [0, 0.05) is 6.54 Å². The maximum absolute atomic E-state index is 12.8. The minimum atomic E-state index is -0.535. The third-order valence-corrected chi connectivity index (χ3v) is 4.87. The van der Waals surface area contributed by atoms with Gasteiger partial charge < -0.3 is 14.8 Å². The predicted octanol–water partition coefficient (Wildman–Crippen LogP) is 3.57. The van der Waals surface area contributed by atoms with Gasteiger partial charge in [0.15, 0.2) is 11.0 Å². The van der Waals surface area contributed by atoms with Gasteiger partial charge in [0.1, 0.15) is 18.9 Å². The molecule has 0 spiro atoms. The number of aromatic nitrogens is 2. The molecular weight excluding hydrogens is 406 g/mol. The molecule has 0 aliphatic carbocycles. The highest BCUT2D eigenvalue weighted by Gasteiger charge is 2.16. The zero-order chi connectivity index (χ0) is 21.5. The van der Waals surface area contributed by atoms with Crippen molar-refractivity contribution in [2.45, 2.75) is 26.6 Å². The number of esters is 1. The number of halogens is 1. The molecule has 1 heterocycles. The fourth-order valence-electron chi connectivity index (χ4n) is 2.77. The second-order valence-electron chi connectivity index (χ2n) is 6.58. The van der Waals surface area contributed by atoms with Gasteiger partial charge in [0.25, 0.3) is 5.56 Å². The van der Waals surface area contributed by atoms with Crippen molar-refractivity contribution in [2.24, 2.45) is 0 Å². The molecule has 1 N–H and O–H groups in total. The van der Waals surface area contributed by atoms with Crippen LogP contribution in [0.25, 0.3) is 0 Å². The molecule has 156 valence electrons. The van der Waals surface area contributed by atoms with Gasteiger partial charge in [-0.05, 0) is 30.2 Å². The average molecular weight is 428 g/mol. The van der Waals surface area contributed by atoms with Crippen LogP contribution in [0.2, 0.25) is 5.15 Å². The van der Waals surface area contributed by atoms with E-state index in [1.54, 1.807) is 14.0 Å². The molecule has 7 nitrogen and oxygen atoms in total. The molecule has 0 atom stereocenters. The zero-order valence-corrected chi connectivity index (χ0v) is 17.5. The Morgan fingerprint density at radius 3 is 2.47 bits per heavy atom. The first-order chi connectivity index (χ1) is 14.5. The lowest BCUT2D eigenvalue weighted by molar-refractivity contribution is -0.145. The maximum Gasteiger partial charge on any atom is 0.326 e. The van der Waals surface area contributed by atoms with Gasteiger partial charge in [-0.15, -0.1) is 0 Å². The Morgan fingerprint density at radius 2 is 1.80 bits per heavy atom. The lowest BCUT2D eigenvalue weighted by atomic mass is 10.2. The van der Waals surface area contributed by atoms with Gasteiger partial charge in [-0.2, -0.15) is 0 Å². The van der Waals surface area contributed by atoms with Gasteiger partial charge in [0.2, 0.25) is 0 Å². The predicted molar refractivity (Wildman–Crippen MR) is 115 cm³/mol. The summed E-state index contributed by atoms with van der Waals surface area (Å²) in [4.78, 5) is 29.2. The number of methoxy groups -OCH3 is 1. The Labute approximate surface area is 179 Å². The summed E-state index contributed by atoms with van der Waals surface area (Å²) in [6.07, 6.45) is 0. The molecule has 8 heteroatoms. The van der Waals surface area contributed by atoms with E-state index in [0.717, 1.165) is 16.9 Å². The van der Waals surface area contributed by atoms with Crippen molar-refractivity contribution in [3.63, 3.8) is 0 Å². The van der Waals surface area contributed by atoms with Gasteiger partial charge in [-0.3, -0.25) is 14.2 Å². The summed E-state index contributed by atoms with van der Waals surface area (Å²) in [5.74, 6) is 0.274. The van der Waals surface area contributed by atoms with Crippen molar-refractivity contribution >= 4 is 23.4 Å². The molecule has 3 rings (SSSR count). The van der Waals surface area contributed by atoms with E-state index in [1.807, 2.05) is 54.6 Å². The summed E-state index contributed by atoms with van der Waals surface area (Å²) >= 11 is 6.19. The monoisotopic (exact) mass is 427 g/mol. The van der Waals surface area contributed by atoms with Gasteiger partial charge >= 0.3 is 5.97 Å². The quantitative estimate of drug-likeness (QED) is 0.553. The first-order valence-corrected chi connectivity index (χ1v) is 9.69. The molecule has 0 unspecified atom stereocenters. The van der Waals surface area contributed by atoms with E-state index in [0.29, 0.717) is 12.2 Å². The number of hydrogen-bond donors (Lipinski definition) is 1. The van der Waals surface area contributed by atoms with Crippen LogP contribution in [0.4, 0.5) is 5.82 Å². The molecule has 0 radical (unpaired) electrons. The summed E-state index contributed by atoms with van der Waals surface area (Å²) in [6.45, 7) is 1.88. The van der Waals surface area contributed by atoms with Crippen LogP contribution in [0.5, 0.6) is 5.75 Å². The van der Waals surface area contributed by atoms with Crippen LogP contribution in [0.3, 0.4) is 0 Å². The number of hydrogen-bond acceptors (Lipinski definition) is 6. The van der Waals surface area contributed by atoms with Gasteiger partial charge in [-0.25, -0.2) is 4.98 Å². The number of nitrogens with one attached hydrogen (secondary N) is 1. The largest absolute Gasteiger partial charge is 0.497 e. The van der Waals surface area contributed by atoms with Crippen LogP contribution in [-0.2, 0) is 29.2 Å². The lowest BCUT2D eigenvalue weighted by Gasteiger charge is -2.14. The fourth-order valence-corrected chi connectivity index (χ4v) is 2.95. The topological polar surface area (TPSA) is 82.4 Å². The smallest absolute Gasteiger partial charge is 0.326 e. The van der Waals surface area contributed by atoms with Crippen LogP contribution in [0, 0.1) is 6.92 Å². The van der Waals surface area contributed by atoms with Gasteiger partial charge in [-0.1, -0.05) is 54.1 Å². The van der Waals surface area contributed by atoms with Crippen molar-refractivity contribution in [1.82, 2.24) is 9.55 Å². The number of rotatable bonds is 8. The van der Waals surface area contributed by atoms with Crippen LogP contribution in [0.1, 0.15) is 16.8 Å². The van der Waals surface area contributed by atoms with Crippen molar-refractivity contribution in [2.75, 3.05) is 12.4 Å². The van der Waals surface area contributed by atoms with Crippen LogP contribution >= 0.6 is 11.6 Å². The summed E-state index contributed by atoms with van der Waals surface area (Å²) in [6, 6.07) is 16.7. The van der Waals surface area contributed by atoms with E-state index >= 15 is 0 Å². The fraction of sp³-hybridized carbons (Fsp3) is 0.227. The molecular formula is C22H22ClN3O4. The van der Waals surface area contributed by atoms with Crippen molar-refractivity contribution in [3.05, 3.63) is 86.9 Å². The van der Waals surface area contributed by atoms with Crippen molar-refractivity contribution < 1.29 is 14.3 Å². The summed E-state index contributed by atoms with van der Waals surface area (Å²) in [7, 11) is 1.60. The highest BCUT2D eigenvalue weighted by atomic mass is 35.5. The van der Waals surface area contributed by atoms with Crippen LogP contribution < -0.4 is 15.6 Å². The number of carbonyl (C=O) groups excluding carboxylic acids is 1. The Bertz CT molecular complexity index is 1070. The lowest BCUT2D eigenvalue weighted by Crippen LogP contribution is -2.30. The molecule has 0 saturated heterocycles. The first-order valence-electron chi connectivity index (χ1n) is 9.31. The van der Waals surface area contributed by atoms with E-state index in [9.17, 15) is 9.59 Å². The zero-order valence-electron chi connectivity index (χ0n) is 16.7. The average Bonchev–Trinajstić information content (AvgIpc) is 2.78.